The summed E-state index contributed by atoms with van der Waals surface area (Å²) in [6.45, 7) is 0. The molecule has 0 spiro atoms. The molecule has 88 valence electrons. The predicted octanol–water partition coefficient (Wildman–Crippen LogP) is -5.40. The quantitative estimate of drug-likeness (QED) is 0.175. The molecule has 0 radical (unpaired) electrons. The fourth-order valence-electron chi connectivity index (χ4n) is 0.574. The van der Waals surface area contributed by atoms with Crippen molar-refractivity contribution in [3.8, 4) is 5.75 Å². The SMILES string of the molecule is O=P(O)(O)O.O=[N+]([O-])c1ccc(O)cc1.[H-].[H-].[Na+].[Na+]. The molecule has 0 aliphatic carbocycles. The van der Waals surface area contributed by atoms with Crippen LogP contribution in [0.3, 0.4) is 0 Å². The van der Waals surface area contributed by atoms with Gasteiger partial charge in [0.2, 0.25) is 0 Å². The van der Waals surface area contributed by atoms with Gasteiger partial charge in [0, 0.05) is 12.1 Å². The van der Waals surface area contributed by atoms with Crippen molar-refractivity contribution in [1.29, 1.82) is 0 Å². The molecule has 0 saturated heterocycles. The molecule has 1 rings (SSSR count). The van der Waals surface area contributed by atoms with Gasteiger partial charge in [-0.1, -0.05) is 0 Å². The number of non-ortho nitro benzene ring substituents is 1. The third-order valence-corrected chi connectivity index (χ3v) is 1.06. The average molecular weight is 285 g/mol. The summed E-state index contributed by atoms with van der Waals surface area (Å²) in [5.74, 6) is 0.0330. The number of phenols is 1. The van der Waals surface area contributed by atoms with Gasteiger partial charge in [0.05, 0.1) is 4.92 Å². The Morgan fingerprint density at radius 3 is 1.65 bits per heavy atom. The van der Waals surface area contributed by atoms with E-state index in [1.165, 1.54) is 24.3 Å². The first kappa shape index (κ1) is 22.7. The molecular formula is C6H10NNa2O7P. The van der Waals surface area contributed by atoms with Crippen LogP contribution in [0.2, 0.25) is 0 Å². The van der Waals surface area contributed by atoms with Gasteiger partial charge in [-0.25, -0.2) is 4.57 Å². The number of nitrogens with zero attached hydrogens (tertiary/aromatic N) is 1. The second-order valence-electron chi connectivity index (χ2n) is 2.29. The summed E-state index contributed by atoms with van der Waals surface area (Å²) in [5, 5.41) is 18.8. The largest absolute Gasteiger partial charge is 1.00 e. The van der Waals surface area contributed by atoms with Crippen LogP contribution in [0, 0.1) is 10.1 Å². The normalized spacial score (nSPS) is 8.88. The number of hydrogen-bond donors (Lipinski definition) is 4. The summed E-state index contributed by atoms with van der Waals surface area (Å²) in [6.07, 6.45) is 0. The van der Waals surface area contributed by atoms with Gasteiger partial charge in [0.25, 0.3) is 5.69 Å². The van der Waals surface area contributed by atoms with Crippen molar-refractivity contribution < 1.29 is 91.2 Å². The monoisotopic (exact) mass is 285 g/mol. The van der Waals surface area contributed by atoms with Crippen LogP contribution in [0.15, 0.2) is 24.3 Å². The molecule has 0 fully saturated rings. The van der Waals surface area contributed by atoms with Crippen LogP contribution in [0.1, 0.15) is 2.85 Å². The van der Waals surface area contributed by atoms with Crippen molar-refractivity contribution in [3.63, 3.8) is 0 Å². The Hall–Kier alpha value is 0.530. The Kier molecular flexibility index (Phi) is 13.9. The molecule has 0 bridgehead atoms. The third kappa shape index (κ3) is 16.5. The predicted molar refractivity (Wildman–Crippen MR) is 51.2 cm³/mol. The first-order valence-corrected chi connectivity index (χ1v) is 4.98. The minimum absolute atomic E-state index is 0. The number of rotatable bonds is 1. The number of phenolic OH excluding ortho intramolecular Hbond substituents is 1. The molecule has 0 aliphatic rings. The van der Waals surface area contributed by atoms with Gasteiger partial charge in [0.1, 0.15) is 5.75 Å². The van der Waals surface area contributed by atoms with E-state index in [0.717, 1.165) is 0 Å². The summed E-state index contributed by atoms with van der Waals surface area (Å²) in [6, 6.07) is 5.04. The van der Waals surface area contributed by atoms with Crippen molar-refractivity contribution in [2.45, 2.75) is 0 Å². The van der Waals surface area contributed by atoms with Crippen LogP contribution in [-0.2, 0) is 4.57 Å². The number of hydrogen-bond acceptors (Lipinski definition) is 4. The molecule has 1 aromatic rings. The summed E-state index contributed by atoms with van der Waals surface area (Å²) in [4.78, 5) is 31.1. The molecule has 0 unspecified atom stereocenters. The molecule has 0 amide bonds. The number of benzene rings is 1. The van der Waals surface area contributed by atoms with Crippen LogP contribution in [0.25, 0.3) is 0 Å². The summed E-state index contributed by atoms with van der Waals surface area (Å²) >= 11 is 0. The van der Waals surface area contributed by atoms with E-state index in [1.807, 2.05) is 0 Å². The van der Waals surface area contributed by atoms with Gasteiger partial charge < -0.3 is 22.6 Å². The molecule has 17 heavy (non-hydrogen) atoms. The fourth-order valence-corrected chi connectivity index (χ4v) is 0.574. The first-order valence-electron chi connectivity index (χ1n) is 3.42. The maximum atomic E-state index is 10.0. The summed E-state index contributed by atoms with van der Waals surface area (Å²) < 4.78 is 8.88. The molecule has 11 heteroatoms. The standard InChI is InChI=1S/C6H5NO3.2Na.H3O4P.2H/c8-6-3-1-5(2-4-6)7(9)10;;;1-5(2,3)4;;/h1-4,8H;;;(H3,1,2,3,4);;/q;2*+1;;2*-1. The molecule has 0 aromatic heterocycles. The van der Waals surface area contributed by atoms with E-state index in [1.54, 1.807) is 0 Å². The number of nitro benzene ring substituents is 1. The maximum Gasteiger partial charge on any atom is 1.00 e. The Morgan fingerprint density at radius 1 is 1.12 bits per heavy atom. The van der Waals surface area contributed by atoms with Crippen LogP contribution in [0.5, 0.6) is 5.75 Å². The molecule has 1 aromatic carbocycles. The maximum absolute atomic E-state index is 10.0. The van der Waals surface area contributed by atoms with Gasteiger partial charge in [-0.05, 0) is 12.1 Å². The smallest absolute Gasteiger partial charge is 1.00 e. The Labute approximate surface area is 144 Å². The molecule has 0 saturated carbocycles. The van der Waals surface area contributed by atoms with E-state index in [9.17, 15) is 10.1 Å². The Balaban J connectivity index is -0.0000000652. The molecular weight excluding hydrogens is 275 g/mol. The van der Waals surface area contributed by atoms with E-state index in [2.05, 4.69) is 0 Å². The number of phosphoric acid groups is 1. The first-order chi connectivity index (χ1) is 6.70. The van der Waals surface area contributed by atoms with Gasteiger partial charge in [-0.3, -0.25) is 10.1 Å². The zero-order valence-corrected chi connectivity index (χ0v) is 14.1. The van der Waals surface area contributed by atoms with E-state index in [4.69, 9.17) is 24.4 Å². The Morgan fingerprint density at radius 2 is 1.41 bits per heavy atom. The summed E-state index contributed by atoms with van der Waals surface area (Å²) in [7, 11) is -4.64. The molecule has 0 heterocycles. The van der Waals surface area contributed by atoms with Crippen LogP contribution in [0.4, 0.5) is 5.69 Å². The molecule has 4 N–H and O–H groups in total. The van der Waals surface area contributed by atoms with Crippen molar-refractivity contribution >= 4 is 13.5 Å². The van der Waals surface area contributed by atoms with E-state index in [0.29, 0.717) is 0 Å². The topological polar surface area (TPSA) is 141 Å². The fraction of sp³-hybridized carbons (Fsp3) is 0. The van der Waals surface area contributed by atoms with Gasteiger partial charge in [0.15, 0.2) is 0 Å². The zero-order valence-electron chi connectivity index (χ0n) is 11.2. The van der Waals surface area contributed by atoms with E-state index >= 15 is 0 Å². The van der Waals surface area contributed by atoms with Gasteiger partial charge in [-0.2, -0.15) is 0 Å². The minimum Gasteiger partial charge on any atom is -1.00 e. The second kappa shape index (κ2) is 10.5. The molecule has 8 nitrogen and oxygen atoms in total. The van der Waals surface area contributed by atoms with Gasteiger partial charge in [-0.15, -0.1) is 0 Å². The van der Waals surface area contributed by atoms with Crippen molar-refractivity contribution in [3.05, 3.63) is 34.4 Å². The molecule has 0 aliphatic heterocycles. The minimum atomic E-state index is -4.64. The van der Waals surface area contributed by atoms with Crippen molar-refractivity contribution in [1.82, 2.24) is 0 Å². The van der Waals surface area contributed by atoms with Crippen molar-refractivity contribution in [2.24, 2.45) is 0 Å². The Bertz CT molecular complexity index is 379. The van der Waals surface area contributed by atoms with Crippen LogP contribution < -0.4 is 59.1 Å². The van der Waals surface area contributed by atoms with Crippen LogP contribution in [-0.4, -0.2) is 24.7 Å². The van der Waals surface area contributed by atoms with Gasteiger partial charge >= 0.3 is 66.9 Å². The number of aromatic hydroxyl groups is 1. The van der Waals surface area contributed by atoms with Crippen molar-refractivity contribution in [2.75, 3.05) is 0 Å². The zero-order chi connectivity index (χ0) is 12.1. The number of nitro groups is 1. The second-order valence-corrected chi connectivity index (χ2v) is 3.31. The van der Waals surface area contributed by atoms with Crippen LogP contribution >= 0.6 is 7.82 Å². The molecule has 0 atom stereocenters. The average Bonchev–Trinajstić information content (AvgIpc) is 2.01. The van der Waals surface area contributed by atoms with E-state index in [-0.39, 0.29) is 73.4 Å². The van der Waals surface area contributed by atoms with E-state index < -0.39 is 12.7 Å². The third-order valence-electron chi connectivity index (χ3n) is 1.06. The summed E-state index contributed by atoms with van der Waals surface area (Å²) in [5.41, 5.74) is -0.0159.